The van der Waals surface area contributed by atoms with E-state index in [9.17, 15) is 0 Å². The average molecular weight is 161 g/mol. The Morgan fingerprint density at radius 1 is 1.50 bits per heavy atom. The molecule has 0 aromatic heterocycles. The molecule has 3 nitrogen and oxygen atoms in total. The Balaban J connectivity index is 0. The van der Waals surface area contributed by atoms with E-state index in [1.165, 1.54) is 6.42 Å². The quantitative estimate of drug-likeness (QED) is 0.431. The van der Waals surface area contributed by atoms with Crippen molar-refractivity contribution in [2.45, 2.75) is 20.3 Å². The molecule has 0 aliphatic rings. The lowest BCUT2D eigenvalue weighted by molar-refractivity contribution is 0.501. The van der Waals surface area contributed by atoms with Crippen LogP contribution in [0.1, 0.15) is 20.3 Å². The minimum atomic E-state index is -4.19. The van der Waals surface area contributed by atoms with E-state index in [4.69, 9.17) is 13.0 Å². The van der Waals surface area contributed by atoms with Crippen LogP contribution in [0.15, 0.2) is 0 Å². The second kappa shape index (κ2) is 5.34. The van der Waals surface area contributed by atoms with Crippen molar-refractivity contribution in [3.05, 3.63) is 0 Å². The van der Waals surface area contributed by atoms with Crippen LogP contribution in [0.3, 0.4) is 0 Å². The molecule has 0 fully saturated rings. The van der Waals surface area contributed by atoms with E-state index in [1.807, 2.05) is 0 Å². The molecule has 0 aliphatic heterocycles. The molecule has 0 aliphatic carbocycles. The molecule has 0 heterocycles. The zero-order valence-electron chi connectivity index (χ0n) is 4.76. The fourth-order valence-corrected chi connectivity index (χ4v) is 0. The molecule has 0 aromatic rings. The maximum atomic E-state index is 8.95. The average Bonchev–Trinajstić information content (AvgIpc) is 1.27. The number of hydrogen-bond acceptors (Lipinski definition) is 2. The normalized spacial score (nSPS) is 9.50. The van der Waals surface area contributed by atoms with Gasteiger partial charge in [0.25, 0.3) is 0 Å². The van der Waals surface area contributed by atoms with Gasteiger partial charge in [-0.25, -0.2) is 0 Å². The van der Waals surface area contributed by atoms with Crippen LogP contribution < -0.4 is 0 Å². The van der Waals surface area contributed by atoms with Gasteiger partial charge in [-0.15, -0.1) is 0 Å². The molecule has 8 heavy (non-hydrogen) atoms. The van der Waals surface area contributed by atoms with E-state index in [-0.39, 0.29) is 0 Å². The third-order valence-corrected chi connectivity index (χ3v) is 0. The standard InChI is InChI=1S/C3H8.ClHO3S/c1-3-2;1-5(2,3)4/h3H2,1-2H3;(H,2,3,4). The van der Waals surface area contributed by atoms with E-state index in [1.54, 1.807) is 0 Å². The summed E-state index contributed by atoms with van der Waals surface area (Å²) in [5, 5.41) is 0. The Labute approximate surface area is 53.9 Å². The molecule has 52 valence electrons. The summed E-state index contributed by atoms with van der Waals surface area (Å²) in [6, 6.07) is 0. The van der Waals surface area contributed by atoms with E-state index in [0.29, 0.717) is 0 Å². The molecular formula is C3H9ClO3S. The summed E-state index contributed by atoms with van der Waals surface area (Å²) in [7, 11) is -0.137. The van der Waals surface area contributed by atoms with E-state index < -0.39 is 9.33 Å². The predicted molar refractivity (Wildman–Crippen MR) is 33.4 cm³/mol. The number of hydrogen-bond donors (Lipinski definition) is 1. The zero-order valence-corrected chi connectivity index (χ0v) is 6.33. The van der Waals surface area contributed by atoms with Gasteiger partial charge in [0.05, 0.1) is 0 Å². The molecular weight excluding hydrogens is 152 g/mol. The molecule has 0 bridgehead atoms. The van der Waals surface area contributed by atoms with E-state index >= 15 is 0 Å². The van der Waals surface area contributed by atoms with Crippen molar-refractivity contribution in [1.29, 1.82) is 0 Å². The SMILES string of the molecule is CCC.O=S(=O)(O)Cl. The molecule has 0 aromatic carbocycles. The van der Waals surface area contributed by atoms with Gasteiger partial charge in [-0.3, -0.25) is 4.55 Å². The van der Waals surface area contributed by atoms with Gasteiger partial charge >= 0.3 is 9.33 Å². The van der Waals surface area contributed by atoms with Crippen LogP contribution in [-0.4, -0.2) is 13.0 Å². The molecule has 5 heteroatoms. The zero-order chi connectivity index (χ0) is 7.21. The van der Waals surface area contributed by atoms with Crippen LogP contribution in [-0.2, 0) is 9.33 Å². The van der Waals surface area contributed by atoms with E-state index in [2.05, 4.69) is 24.5 Å². The lowest BCUT2D eigenvalue weighted by atomic mass is 10.6. The maximum absolute atomic E-state index is 8.95. The van der Waals surface area contributed by atoms with Gasteiger partial charge in [-0.2, -0.15) is 8.42 Å². The van der Waals surface area contributed by atoms with Crippen LogP contribution in [0.5, 0.6) is 0 Å². The second-order valence-corrected chi connectivity index (χ2v) is 3.11. The van der Waals surface area contributed by atoms with Crippen LogP contribution in [0.2, 0.25) is 0 Å². The monoisotopic (exact) mass is 160 g/mol. The molecule has 0 radical (unpaired) electrons. The Hall–Kier alpha value is 0.200. The van der Waals surface area contributed by atoms with Gasteiger partial charge in [0, 0.05) is 10.7 Å². The Bertz CT molecular complexity index is 108. The summed E-state index contributed by atoms with van der Waals surface area (Å²) >= 11 is 0. The molecule has 0 spiro atoms. The third-order valence-electron chi connectivity index (χ3n) is 0. The lowest BCUT2D eigenvalue weighted by Gasteiger charge is -1.65. The van der Waals surface area contributed by atoms with Crippen molar-refractivity contribution in [3.8, 4) is 0 Å². The lowest BCUT2D eigenvalue weighted by Crippen LogP contribution is -1.77. The van der Waals surface area contributed by atoms with Gasteiger partial charge in [0.1, 0.15) is 0 Å². The summed E-state index contributed by atoms with van der Waals surface area (Å²) < 4.78 is 25.2. The predicted octanol–water partition coefficient (Wildman–Crippen LogP) is 1.44. The van der Waals surface area contributed by atoms with E-state index in [0.717, 1.165) is 0 Å². The fourth-order valence-electron chi connectivity index (χ4n) is 0. The van der Waals surface area contributed by atoms with Gasteiger partial charge in [0.2, 0.25) is 0 Å². The van der Waals surface area contributed by atoms with Crippen molar-refractivity contribution in [1.82, 2.24) is 0 Å². The second-order valence-electron chi connectivity index (χ2n) is 1.12. The maximum Gasteiger partial charge on any atom is 0.353 e. The Morgan fingerprint density at radius 3 is 1.50 bits per heavy atom. The summed E-state index contributed by atoms with van der Waals surface area (Å²) in [4.78, 5) is 0. The minimum absolute atomic E-state index is 1.25. The van der Waals surface area contributed by atoms with Crippen molar-refractivity contribution >= 4 is 20.0 Å². The molecule has 0 atom stereocenters. The molecule has 1 N–H and O–H groups in total. The molecule has 0 saturated heterocycles. The highest BCUT2D eigenvalue weighted by Crippen LogP contribution is 1.82. The number of rotatable bonds is 0. The highest BCUT2D eigenvalue weighted by molar-refractivity contribution is 8.09. The summed E-state index contributed by atoms with van der Waals surface area (Å²) in [6.45, 7) is 4.25. The summed E-state index contributed by atoms with van der Waals surface area (Å²) in [5.41, 5.74) is 0. The molecule has 0 amide bonds. The first-order valence-electron chi connectivity index (χ1n) is 2.08. The smallest absolute Gasteiger partial charge is 0.273 e. The Kier molecular flexibility index (Phi) is 7.38. The number of halogens is 1. The van der Waals surface area contributed by atoms with Crippen molar-refractivity contribution in [2.24, 2.45) is 0 Å². The Morgan fingerprint density at radius 2 is 1.50 bits per heavy atom. The summed E-state index contributed by atoms with van der Waals surface area (Å²) in [5.74, 6) is 0. The van der Waals surface area contributed by atoms with Gasteiger partial charge in [0.15, 0.2) is 0 Å². The van der Waals surface area contributed by atoms with Crippen molar-refractivity contribution in [2.75, 3.05) is 0 Å². The van der Waals surface area contributed by atoms with Crippen LogP contribution in [0.25, 0.3) is 0 Å². The first-order valence-corrected chi connectivity index (χ1v) is 4.35. The largest absolute Gasteiger partial charge is 0.353 e. The van der Waals surface area contributed by atoms with Crippen molar-refractivity contribution in [3.63, 3.8) is 0 Å². The third kappa shape index (κ3) is 4190. The first-order chi connectivity index (χ1) is 3.41. The van der Waals surface area contributed by atoms with Gasteiger partial charge < -0.3 is 0 Å². The van der Waals surface area contributed by atoms with Crippen LogP contribution >= 0.6 is 10.7 Å². The molecule has 0 rings (SSSR count). The highest BCUT2D eigenvalue weighted by atomic mass is 35.7. The molecule has 0 saturated carbocycles. The first kappa shape index (κ1) is 11.1. The fraction of sp³-hybridized carbons (Fsp3) is 1.00. The van der Waals surface area contributed by atoms with Crippen LogP contribution in [0, 0.1) is 0 Å². The molecule has 0 unspecified atom stereocenters. The summed E-state index contributed by atoms with van der Waals surface area (Å²) in [6.07, 6.45) is 1.25. The van der Waals surface area contributed by atoms with Crippen LogP contribution in [0.4, 0.5) is 0 Å². The topological polar surface area (TPSA) is 54.4 Å². The van der Waals surface area contributed by atoms with Crippen molar-refractivity contribution < 1.29 is 13.0 Å². The van der Waals surface area contributed by atoms with Gasteiger partial charge in [-0.1, -0.05) is 20.3 Å². The minimum Gasteiger partial charge on any atom is -0.273 e. The highest BCUT2D eigenvalue weighted by Gasteiger charge is 1.86. The van der Waals surface area contributed by atoms with Gasteiger partial charge in [-0.05, 0) is 0 Å².